The fourth-order valence-electron chi connectivity index (χ4n) is 4.63. The molecule has 0 saturated carbocycles. The number of fused-ring (bicyclic) bond motifs is 1. The van der Waals surface area contributed by atoms with E-state index in [1.807, 2.05) is 59.6 Å². The Morgan fingerprint density at radius 1 is 1.00 bits per heavy atom. The van der Waals surface area contributed by atoms with Crippen molar-refractivity contribution >= 4 is 16.8 Å². The van der Waals surface area contributed by atoms with Gasteiger partial charge in [-0.1, -0.05) is 30.3 Å². The fourth-order valence-corrected chi connectivity index (χ4v) is 4.63. The van der Waals surface area contributed by atoms with E-state index >= 15 is 0 Å². The van der Waals surface area contributed by atoms with E-state index in [1.54, 1.807) is 13.3 Å². The Hall–Kier alpha value is -3.93. The summed E-state index contributed by atoms with van der Waals surface area (Å²) in [5.41, 5.74) is 3.60. The normalized spacial score (nSPS) is 15.4. The van der Waals surface area contributed by atoms with E-state index in [4.69, 9.17) is 9.47 Å². The lowest BCUT2D eigenvalue weighted by molar-refractivity contribution is 0.0781. The molecule has 1 fully saturated rings. The highest BCUT2D eigenvalue weighted by molar-refractivity contribution is 5.98. The minimum atomic E-state index is -0.0305. The number of para-hydroxylation sites is 1. The number of hydrogen-bond donors (Lipinski definition) is 0. The number of likely N-dealkylation sites (tertiary alicyclic amines) is 1. The number of benzene rings is 2. The predicted octanol–water partition coefficient (Wildman–Crippen LogP) is 4.92. The van der Waals surface area contributed by atoms with Crippen molar-refractivity contribution in [3.8, 4) is 11.5 Å². The maximum Gasteiger partial charge on any atom is 0.257 e. The van der Waals surface area contributed by atoms with Crippen molar-refractivity contribution in [2.45, 2.75) is 19.4 Å². The van der Waals surface area contributed by atoms with Crippen LogP contribution in [0.2, 0.25) is 0 Å². The van der Waals surface area contributed by atoms with Crippen LogP contribution < -0.4 is 9.47 Å². The monoisotopic (exact) mass is 453 g/mol. The number of amides is 1. The van der Waals surface area contributed by atoms with Crippen molar-refractivity contribution in [2.24, 2.45) is 5.92 Å². The van der Waals surface area contributed by atoms with Gasteiger partial charge in [0.15, 0.2) is 11.5 Å². The topological polar surface area (TPSA) is 64.5 Å². The molecule has 34 heavy (non-hydrogen) atoms. The summed E-state index contributed by atoms with van der Waals surface area (Å²) < 4.78 is 11.6. The lowest BCUT2D eigenvalue weighted by Gasteiger charge is -2.20. The number of aromatic nitrogens is 2. The van der Waals surface area contributed by atoms with Gasteiger partial charge in [-0.15, -0.1) is 0 Å². The number of methoxy groups -OCH3 is 1. The molecule has 6 heteroatoms. The van der Waals surface area contributed by atoms with Gasteiger partial charge in [-0.2, -0.15) is 0 Å². The number of nitrogens with zero attached hydrogens (tertiary/aromatic N) is 3. The molecule has 1 atom stereocenters. The smallest absolute Gasteiger partial charge is 0.257 e. The van der Waals surface area contributed by atoms with E-state index in [9.17, 15) is 4.79 Å². The van der Waals surface area contributed by atoms with Crippen LogP contribution in [0.15, 0.2) is 79.1 Å². The largest absolute Gasteiger partial charge is 0.493 e. The summed E-state index contributed by atoms with van der Waals surface area (Å²) in [7, 11) is 1.59. The number of rotatable bonds is 7. The van der Waals surface area contributed by atoms with Crippen molar-refractivity contribution < 1.29 is 14.3 Å². The Bertz CT molecular complexity index is 1290. The van der Waals surface area contributed by atoms with Gasteiger partial charge < -0.3 is 14.4 Å². The van der Waals surface area contributed by atoms with Crippen LogP contribution in [0.5, 0.6) is 11.5 Å². The molecule has 1 aliphatic rings. The van der Waals surface area contributed by atoms with Crippen LogP contribution in [-0.4, -0.2) is 41.0 Å². The Morgan fingerprint density at radius 3 is 2.74 bits per heavy atom. The second kappa shape index (κ2) is 9.91. The van der Waals surface area contributed by atoms with Gasteiger partial charge in [0.05, 0.1) is 23.9 Å². The standard InChI is InChI=1S/C28H27N3O3/c1-33-26-12-5-9-24(27(26)34-19-22-8-2-3-14-29-22)28(32)31-16-13-20(18-31)17-21-7-4-11-25-23(21)10-6-15-30-25/h2-12,14-15,20H,13,16-19H2,1H3. The van der Waals surface area contributed by atoms with Gasteiger partial charge in [-0.05, 0) is 60.7 Å². The summed E-state index contributed by atoms with van der Waals surface area (Å²) in [6, 6.07) is 21.5. The van der Waals surface area contributed by atoms with Crippen molar-refractivity contribution in [1.82, 2.24) is 14.9 Å². The van der Waals surface area contributed by atoms with Crippen LogP contribution in [0.1, 0.15) is 28.0 Å². The average molecular weight is 454 g/mol. The highest BCUT2D eigenvalue weighted by Gasteiger charge is 2.30. The molecule has 1 unspecified atom stereocenters. The van der Waals surface area contributed by atoms with Gasteiger partial charge >= 0.3 is 0 Å². The molecule has 5 rings (SSSR count). The molecular formula is C28H27N3O3. The lowest BCUT2D eigenvalue weighted by Crippen LogP contribution is -2.29. The summed E-state index contributed by atoms with van der Waals surface area (Å²) in [5, 5.41) is 1.19. The molecule has 1 amide bonds. The Kier molecular flexibility index (Phi) is 6.38. The second-order valence-electron chi connectivity index (χ2n) is 8.54. The van der Waals surface area contributed by atoms with E-state index in [0.717, 1.165) is 30.6 Å². The second-order valence-corrected chi connectivity index (χ2v) is 8.54. The molecule has 2 aromatic carbocycles. The van der Waals surface area contributed by atoms with Gasteiger partial charge in [0.1, 0.15) is 6.61 Å². The first-order chi connectivity index (χ1) is 16.7. The molecule has 3 heterocycles. The van der Waals surface area contributed by atoms with Gasteiger partial charge in [-0.25, -0.2) is 0 Å². The summed E-state index contributed by atoms with van der Waals surface area (Å²) in [6.45, 7) is 1.70. The van der Waals surface area contributed by atoms with Crippen molar-refractivity contribution in [2.75, 3.05) is 20.2 Å². The fraction of sp³-hybridized carbons (Fsp3) is 0.250. The van der Waals surface area contributed by atoms with Gasteiger partial charge in [0, 0.05) is 30.9 Å². The number of carbonyl (C=O) groups is 1. The van der Waals surface area contributed by atoms with E-state index < -0.39 is 0 Å². The van der Waals surface area contributed by atoms with Crippen molar-refractivity contribution in [3.05, 3.63) is 95.9 Å². The van der Waals surface area contributed by atoms with E-state index in [1.165, 1.54) is 10.9 Å². The zero-order valence-corrected chi connectivity index (χ0v) is 19.2. The Balaban J connectivity index is 1.32. The molecule has 0 radical (unpaired) electrons. The summed E-state index contributed by atoms with van der Waals surface area (Å²) >= 11 is 0. The van der Waals surface area contributed by atoms with Crippen LogP contribution in [0.3, 0.4) is 0 Å². The summed E-state index contributed by atoms with van der Waals surface area (Å²) in [5.74, 6) is 1.38. The minimum Gasteiger partial charge on any atom is -0.493 e. The third kappa shape index (κ3) is 4.57. The van der Waals surface area contributed by atoms with Crippen molar-refractivity contribution in [1.29, 1.82) is 0 Å². The molecule has 6 nitrogen and oxygen atoms in total. The Morgan fingerprint density at radius 2 is 1.88 bits per heavy atom. The highest BCUT2D eigenvalue weighted by atomic mass is 16.5. The van der Waals surface area contributed by atoms with Gasteiger partial charge in [0.25, 0.3) is 5.91 Å². The predicted molar refractivity (Wildman–Crippen MR) is 131 cm³/mol. The first-order valence-electron chi connectivity index (χ1n) is 11.5. The molecular weight excluding hydrogens is 426 g/mol. The summed E-state index contributed by atoms with van der Waals surface area (Å²) in [4.78, 5) is 24.2. The third-order valence-corrected chi connectivity index (χ3v) is 6.34. The maximum absolute atomic E-state index is 13.5. The first kappa shape index (κ1) is 21.9. The molecule has 0 bridgehead atoms. The number of pyridine rings is 2. The van der Waals surface area contributed by atoms with Gasteiger partial charge in [-0.3, -0.25) is 14.8 Å². The van der Waals surface area contributed by atoms with Crippen LogP contribution in [0.4, 0.5) is 0 Å². The number of hydrogen-bond acceptors (Lipinski definition) is 5. The quantitative estimate of drug-likeness (QED) is 0.397. The highest BCUT2D eigenvalue weighted by Crippen LogP contribution is 2.34. The SMILES string of the molecule is COc1cccc(C(=O)N2CCC(Cc3cccc4ncccc34)C2)c1OCc1ccccn1. The zero-order valence-electron chi connectivity index (χ0n) is 19.2. The molecule has 172 valence electrons. The maximum atomic E-state index is 13.5. The minimum absolute atomic E-state index is 0.0305. The van der Waals surface area contributed by atoms with Crippen LogP contribution >= 0.6 is 0 Å². The molecule has 0 N–H and O–H groups in total. The zero-order chi connectivity index (χ0) is 23.3. The molecule has 1 aliphatic heterocycles. The summed E-state index contributed by atoms with van der Waals surface area (Å²) in [6.07, 6.45) is 5.44. The molecule has 1 saturated heterocycles. The van der Waals surface area contributed by atoms with Crippen LogP contribution in [0.25, 0.3) is 10.9 Å². The molecule has 0 spiro atoms. The van der Waals surface area contributed by atoms with Crippen molar-refractivity contribution in [3.63, 3.8) is 0 Å². The van der Waals surface area contributed by atoms with Gasteiger partial charge in [0.2, 0.25) is 0 Å². The molecule has 4 aromatic rings. The number of ether oxygens (including phenoxy) is 2. The lowest BCUT2D eigenvalue weighted by atomic mass is 9.96. The number of carbonyl (C=O) groups excluding carboxylic acids is 1. The third-order valence-electron chi connectivity index (χ3n) is 6.34. The van der Waals surface area contributed by atoms with E-state index in [2.05, 4.69) is 28.2 Å². The van der Waals surface area contributed by atoms with E-state index in [0.29, 0.717) is 29.5 Å². The van der Waals surface area contributed by atoms with Crippen LogP contribution in [0, 0.1) is 5.92 Å². The first-order valence-corrected chi connectivity index (χ1v) is 11.5. The average Bonchev–Trinajstić information content (AvgIpc) is 3.36. The molecule has 0 aliphatic carbocycles. The van der Waals surface area contributed by atoms with Crippen LogP contribution in [-0.2, 0) is 13.0 Å². The molecule has 2 aromatic heterocycles. The Labute approximate surface area is 199 Å². The van der Waals surface area contributed by atoms with E-state index in [-0.39, 0.29) is 12.5 Å².